The summed E-state index contributed by atoms with van der Waals surface area (Å²) in [4.78, 5) is 28.4. The Hall–Kier alpha value is -3.93. The SMILES string of the molecule is O=C1NC(=O)C(c2c[nH]c3ccccc23)=C1c1cnn(CCCc2ccccc2)c1. The Bertz CT molecular complexity index is 1280. The zero-order chi connectivity index (χ0) is 20.5. The number of nitrogens with one attached hydrogen (secondary N) is 2. The molecule has 4 aromatic rings. The number of H-pyrrole nitrogens is 1. The maximum Gasteiger partial charge on any atom is 0.259 e. The smallest absolute Gasteiger partial charge is 0.259 e. The Kier molecular flexibility index (Phi) is 4.52. The minimum atomic E-state index is -0.385. The number of hydrogen-bond donors (Lipinski definition) is 2. The van der Waals surface area contributed by atoms with Crippen LogP contribution in [0, 0.1) is 0 Å². The monoisotopic (exact) mass is 396 g/mol. The van der Waals surface area contributed by atoms with Crippen LogP contribution in [-0.2, 0) is 22.6 Å². The van der Waals surface area contributed by atoms with E-state index in [0.717, 1.165) is 35.9 Å². The molecule has 0 spiro atoms. The zero-order valence-corrected chi connectivity index (χ0v) is 16.3. The number of fused-ring (bicyclic) bond motifs is 1. The lowest BCUT2D eigenvalue weighted by atomic mass is 9.98. The van der Waals surface area contributed by atoms with E-state index in [1.54, 1.807) is 12.4 Å². The minimum absolute atomic E-state index is 0.374. The van der Waals surface area contributed by atoms with Crippen molar-refractivity contribution in [3.63, 3.8) is 0 Å². The molecular weight excluding hydrogens is 376 g/mol. The van der Waals surface area contributed by atoms with Gasteiger partial charge in [-0.1, -0.05) is 48.5 Å². The number of aromatic amines is 1. The summed E-state index contributed by atoms with van der Waals surface area (Å²) in [5.41, 5.74) is 4.34. The number of aryl methyl sites for hydroxylation is 2. The first-order chi connectivity index (χ1) is 14.7. The molecule has 1 aliphatic heterocycles. The Labute approximate surface area is 173 Å². The van der Waals surface area contributed by atoms with Gasteiger partial charge in [-0.05, 0) is 24.5 Å². The van der Waals surface area contributed by atoms with Crippen molar-refractivity contribution in [2.24, 2.45) is 0 Å². The highest BCUT2D eigenvalue weighted by Crippen LogP contribution is 2.34. The predicted molar refractivity (Wildman–Crippen MR) is 115 cm³/mol. The lowest BCUT2D eigenvalue weighted by Crippen LogP contribution is -2.22. The molecule has 0 bridgehead atoms. The van der Waals surface area contributed by atoms with E-state index in [0.29, 0.717) is 16.7 Å². The number of amides is 2. The standard InChI is InChI=1S/C24H20N4O2/c29-23-21(17-13-26-28(15-17)12-6-9-16-7-2-1-3-8-16)22(24(30)27-23)19-14-25-20-11-5-4-10-18(19)20/h1-5,7-8,10-11,13-15,25H,6,9,12H2,(H,27,29,30). The fourth-order valence-electron chi connectivity index (χ4n) is 3.97. The normalized spacial score (nSPS) is 14.0. The summed E-state index contributed by atoms with van der Waals surface area (Å²) in [5, 5.41) is 7.76. The molecule has 6 heteroatoms. The molecule has 3 heterocycles. The first kappa shape index (κ1) is 18.1. The number of carbonyl (C=O) groups is 2. The largest absolute Gasteiger partial charge is 0.361 e. The van der Waals surface area contributed by atoms with Gasteiger partial charge in [0, 0.05) is 41.0 Å². The van der Waals surface area contributed by atoms with Crippen molar-refractivity contribution < 1.29 is 9.59 Å². The molecule has 6 nitrogen and oxygen atoms in total. The summed E-state index contributed by atoms with van der Waals surface area (Å²) >= 11 is 0. The molecule has 148 valence electrons. The fourth-order valence-corrected chi connectivity index (χ4v) is 3.97. The van der Waals surface area contributed by atoms with Crippen LogP contribution in [0.5, 0.6) is 0 Å². The van der Waals surface area contributed by atoms with Crippen molar-refractivity contribution >= 4 is 33.9 Å². The highest BCUT2D eigenvalue weighted by atomic mass is 16.2. The van der Waals surface area contributed by atoms with Gasteiger partial charge in [0.1, 0.15) is 0 Å². The Balaban J connectivity index is 1.44. The van der Waals surface area contributed by atoms with E-state index in [2.05, 4.69) is 27.5 Å². The number of carbonyl (C=O) groups excluding carboxylic acids is 2. The van der Waals surface area contributed by atoms with Gasteiger partial charge < -0.3 is 4.98 Å². The van der Waals surface area contributed by atoms with Crippen molar-refractivity contribution in [1.29, 1.82) is 0 Å². The molecule has 1 aliphatic rings. The number of rotatable bonds is 6. The number of para-hydroxylation sites is 1. The number of nitrogens with zero attached hydrogens (tertiary/aromatic N) is 2. The van der Waals surface area contributed by atoms with Crippen LogP contribution < -0.4 is 5.32 Å². The van der Waals surface area contributed by atoms with Crippen molar-refractivity contribution in [3.05, 3.63) is 89.9 Å². The highest BCUT2D eigenvalue weighted by Gasteiger charge is 2.34. The summed E-state index contributed by atoms with van der Waals surface area (Å²) in [6, 6.07) is 18.0. The van der Waals surface area contributed by atoms with Crippen molar-refractivity contribution in [2.45, 2.75) is 19.4 Å². The van der Waals surface area contributed by atoms with E-state index in [1.165, 1.54) is 5.56 Å². The molecule has 2 aromatic heterocycles. The molecule has 2 N–H and O–H groups in total. The molecule has 0 unspecified atom stereocenters. The minimum Gasteiger partial charge on any atom is -0.361 e. The van der Waals surface area contributed by atoms with Gasteiger partial charge in [-0.25, -0.2) is 0 Å². The summed E-state index contributed by atoms with van der Waals surface area (Å²) < 4.78 is 1.83. The Morgan fingerprint density at radius 2 is 1.67 bits per heavy atom. The molecule has 0 saturated carbocycles. The highest BCUT2D eigenvalue weighted by molar-refractivity contribution is 6.50. The van der Waals surface area contributed by atoms with Crippen LogP contribution in [-0.4, -0.2) is 26.6 Å². The number of aromatic nitrogens is 3. The second-order valence-corrected chi connectivity index (χ2v) is 7.36. The molecule has 0 fully saturated rings. The van der Waals surface area contributed by atoms with Gasteiger partial charge in [-0.2, -0.15) is 5.10 Å². The first-order valence-electron chi connectivity index (χ1n) is 9.94. The number of benzene rings is 2. The number of imide groups is 1. The van der Waals surface area contributed by atoms with Gasteiger partial charge in [0.25, 0.3) is 11.8 Å². The van der Waals surface area contributed by atoms with E-state index >= 15 is 0 Å². The summed E-state index contributed by atoms with van der Waals surface area (Å²) in [6.07, 6.45) is 7.17. The van der Waals surface area contributed by atoms with Gasteiger partial charge in [0.15, 0.2) is 0 Å². The lowest BCUT2D eigenvalue weighted by Gasteiger charge is -2.03. The van der Waals surface area contributed by atoms with Gasteiger partial charge in [-0.3, -0.25) is 19.6 Å². The maximum atomic E-state index is 12.6. The van der Waals surface area contributed by atoms with E-state index in [-0.39, 0.29) is 11.8 Å². The summed E-state index contributed by atoms with van der Waals surface area (Å²) in [5.74, 6) is -0.763. The number of hydrogen-bond acceptors (Lipinski definition) is 3. The molecule has 0 saturated heterocycles. The maximum absolute atomic E-state index is 12.6. The molecule has 2 aromatic carbocycles. The Morgan fingerprint density at radius 3 is 2.53 bits per heavy atom. The third-order valence-corrected chi connectivity index (χ3v) is 5.41. The van der Waals surface area contributed by atoms with E-state index < -0.39 is 0 Å². The molecule has 5 rings (SSSR count). The topological polar surface area (TPSA) is 79.8 Å². The zero-order valence-electron chi connectivity index (χ0n) is 16.3. The van der Waals surface area contributed by atoms with Gasteiger partial charge in [0.2, 0.25) is 0 Å². The average Bonchev–Trinajstić information content (AvgIpc) is 3.46. The molecule has 2 amide bonds. The molecular formula is C24H20N4O2. The van der Waals surface area contributed by atoms with Crippen molar-refractivity contribution in [1.82, 2.24) is 20.1 Å². The summed E-state index contributed by atoms with van der Waals surface area (Å²) in [6.45, 7) is 0.736. The third-order valence-electron chi connectivity index (χ3n) is 5.41. The van der Waals surface area contributed by atoms with Gasteiger partial charge in [0.05, 0.1) is 17.3 Å². The quantitative estimate of drug-likeness (QED) is 0.489. The predicted octanol–water partition coefficient (Wildman–Crippen LogP) is 3.56. The van der Waals surface area contributed by atoms with Crippen LogP contribution in [0.3, 0.4) is 0 Å². The lowest BCUT2D eigenvalue weighted by molar-refractivity contribution is -0.122. The van der Waals surface area contributed by atoms with Crippen LogP contribution in [0.15, 0.2) is 73.2 Å². The first-order valence-corrected chi connectivity index (χ1v) is 9.94. The van der Waals surface area contributed by atoms with Crippen molar-refractivity contribution in [3.8, 4) is 0 Å². The van der Waals surface area contributed by atoms with Gasteiger partial charge >= 0.3 is 0 Å². The van der Waals surface area contributed by atoms with Crippen LogP contribution in [0.1, 0.15) is 23.1 Å². The van der Waals surface area contributed by atoms with Crippen LogP contribution in [0.4, 0.5) is 0 Å². The summed E-state index contributed by atoms with van der Waals surface area (Å²) in [7, 11) is 0. The second kappa shape index (κ2) is 7.48. The third kappa shape index (κ3) is 3.22. The van der Waals surface area contributed by atoms with Gasteiger partial charge in [-0.15, -0.1) is 0 Å². The van der Waals surface area contributed by atoms with Crippen molar-refractivity contribution in [2.75, 3.05) is 0 Å². The molecule has 0 aliphatic carbocycles. The van der Waals surface area contributed by atoms with E-state index in [4.69, 9.17) is 0 Å². The molecule has 30 heavy (non-hydrogen) atoms. The van der Waals surface area contributed by atoms with Crippen LogP contribution in [0.2, 0.25) is 0 Å². The van der Waals surface area contributed by atoms with E-state index in [1.807, 2.05) is 53.3 Å². The van der Waals surface area contributed by atoms with E-state index in [9.17, 15) is 9.59 Å². The molecule has 0 atom stereocenters. The van der Waals surface area contributed by atoms with Crippen LogP contribution >= 0.6 is 0 Å². The average molecular weight is 396 g/mol. The Morgan fingerprint density at radius 1 is 0.900 bits per heavy atom. The fraction of sp³-hybridized carbons (Fsp3) is 0.125. The second-order valence-electron chi connectivity index (χ2n) is 7.36. The van der Waals surface area contributed by atoms with Crippen LogP contribution in [0.25, 0.3) is 22.0 Å². The molecule has 0 radical (unpaired) electrons.